The molecule has 20 heavy (non-hydrogen) atoms. The van der Waals surface area contributed by atoms with Gasteiger partial charge in [0.15, 0.2) is 0 Å². The summed E-state index contributed by atoms with van der Waals surface area (Å²) >= 11 is 6.02. The van der Waals surface area contributed by atoms with Crippen molar-refractivity contribution in [1.29, 1.82) is 0 Å². The van der Waals surface area contributed by atoms with Gasteiger partial charge in [-0.15, -0.1) is 0 Å². The molecule has 1 aromatic heterocycles. The Kier molecular flexibility index (Phi) is 4.41. The molecule has 2 rings (SSSR count). The van der Waals surface area contributed by atoms with E-state index in [2.05, 4.69) is 9.88 Å². The lowest BCUT2D eigenvalue weighted by Crippen LogP contribution is -2.44. The van der Waals surface area contributed by atoms with Crippen LogP contribution in [0.2, 0.25) is 5.15 Å². The van der Waals surface area contributed by atoms with Crippen LogP contribution in [0.3, 0.4) is 0 Å². The van der Waals surface area contributed by atoms with Crippen LogP contribution in [0.5, 0.6) is 0 Å². The highest BCUT2D eigenvalue weighted by molar-refractivity contribution is 7.92. The molecule has 0 N–H and O–H groups in total. The molecule has 1 unspecified atom stereocenters. The Morgan fingerprint density at radius 3 is 2.80 bits per heavy atom. The first kappa shape index (κ1) is 15.3. The molecular weight excluding hydrogens is 302 g/mol. The number of pyridine rings is 1. The maximum atomic E-state index is 11.6. The maximum Gasteiger partial charge on any atom is 0.231 e. The fourth-order valence-corrected chi connectivity index (χ4v) is 2.74. The van der Waals surface area contributed by atoms with Crippen molar-refractivity contribution in [3.05, 3.63) is 17.3 Å². The minimum atomic E-state index is -3.33. The van der Waals surface area contributed by atoms with Crippen molar-refractivity contribution in [2.75, 3.05) is 42.3 Å². The zero-order chi connectivity index (χ0) is 14.9. The van der Waals surface area contributed by atoms with E-state index in [0.717, 1.165) is 6.26 Å². The molecule has 1 saturated heterocycles. The molecule has 0 spiro atoms. The minimum absolute atomic E-state index is 0.172. The fraction of sp³-hybridized carbons (Fsp3) is 0.583. The number of anilines is 2. The molecule has 8 heteroatoms. The van der Waals surface area contributed by atoms with Gasteiger partial charge in [-0.2, -0.15) is 0 Å². The Labute approximate surface area is 124 Å². The Morgan fingerprint density at radius 1 is 1.50 bits per heavy atom. The molecule has 112 valence electrons. The summed E-state index contributed by atoms with van der Waals surface area (Å²) in [5.74, 6) is 0.666. The third-order valence-corrected chi connectivity index (χ3v) is 4.69. The number of aromatic nitrogens is 1. The molecule has 0 amide bonds. The van der Waals surface area contributed by atoms with Crippen molar-refractivity contribution < 1.29 is 13.2 Å². The van der Waals surface area contributed by atoms with Crippen LogP contribution in [0.15, 0.2) is 12.1 Å². The quantitative estimate of drug-likeness (QED) is 0.787. The Bertz CT molecular complexity index is 594. The number of hydrogen-bond acceptors (Lipinski definition) is 5. The molecule has 0 radical (unpaired) electrons. The van der Waals surface area contributed by atoms with E-state index in [9.17, 15) is 8.42 Å². The zero-order valence-corrected chi connectivity index (χ0v) is 13.3. The average Bonchev–Trinajstić information content (AvgIpc) is 2.36. The number of hydrogen-bond donors (Lipinski definition) is 0. The maximum absolute atomic E-state index is 11.6. The number of halogens is 1. The summed E-state index contributed by atoms with van der Waals surface area (Å²) in [6, 6.07) is 3.44. The van der Waals surface area contributed by atoms with E-state index in [-0.39, 0.29) is 11.2 Å². The molecule has 0 aliphatic carbocycles. The largest absolute Gasteiger partial charge is 0.377 e. The van der Waals surface area contributed by atoms with Crippen molar-refractivity contribution in [3.63, 3.8) is 0 Å². The summed E-state index contributed by atoms with van der Waals surface area (Å²) in [4.78, 5) is 6.35. The number of rotatable bonds is 3. The molecule has 1 aromatic rings. The summed E-state index contributed by atoms with van der Waals surface area (Å²) in [6.45, 7) is 3.97. The van der Waals surface area contributed by atoms with E-state index >= 15 is 0 Å². The second-order valence-corrected chi connectivity index (χ2v) is 7.26. The minimum Gasteiger partial charge on any atom is -0.377 e. The zero-order valence-electron chi connectivity index (χ0n) is 11.7. The summed E-state index contributed by atoms with van der Waals surface area (Å²) in [5, 5.41) is 0.270. The van der Waals surface area contributed by atoms with E-state index in [4.69, 9.17) is 16.3 Å². The second-order valence-electron chi connectivity index (χ2n) is 4.85. The normalized spacial score (nSPS) is 20.0. The van der Waals surface area contributed by atoms with Crippen LogP contribution < -0.4 is 9.21 Å². The first-order valence-electron chi connectivity index (χ1n) is 6.25. The third kappa shape index (κ3) is 3.34. The van der Waals surface area contributed by atoms with E-state index < -0.39 is 10.0 Å². The lowest BCUT2D eigenvalue weighted by atomic mass is 10.2. The Morgan fingerprint density at radius 2 is 2.20 bits per heavy atom. The highest BCUT2D eigenvalue weighted by Gasteiger charge is 2.22. The van der Waals surface area contributed by atoms with Crippen molar-refractivity contribution in [2.24, 2.45) is 0 Å². The summed E-state index contributed by atoms with van der Waals surface area (Å²) < 4.78 is 29.8. The van der Waals surface area contributed by atoms with E-state index in [1.54, 1.807) is 6.07 Å². The SMILES string of the molecule is CC1COCCN1c1cc(N(C)S(C)(=O)=O)cc(Cl)n1. The topological polar surface area (TPSA) is 62.7 Å². The van der Waals surface area contributed by atoms with Gasteiger partial charge >= 0.3 is 0 Å². The monoisotopic (exact) mass is 319 g/mol. The molecule has 0 bridgehead atoms. The van der Waals surface area contributed by atoms with Gasteiger partial charge in [-0.05, 0) is 6.92 Å². The van der Waals surface area contributed by atoms with E-state index in [1.807, 2.05) is 6.92 Å². The molecule has 0 saturated carbocycles. The summed E-state index contributed by atoms with van der Waals surface area (Å²) in [7, 11) is -1.84. The first-order valence-corrected chi connectivity index (χ1v) is 8.47. The number of nitrogens with zero attached hydrogens (tertiary/aromatic N) is 3. The Balaban J connectivity index is 2.38. The van der Waals surface area contributed by atoms with Crippen molar-refractivity contribution in [2.45, 2.75) is 13.0 Å². The standard InChI is InChI=1S/C12H18ClN3O3S/c1-9-8-19-5-4-16(9)12-7-10(6-11(13)14-12)15(2)20(3,17)18/h6-7,9H,4-5,8H2,1-3H3. The molecule has 1 aliphatic rings. The average molecular weight is 320 g/mol. The molecule has 0 aromatic carbocycles. The number of sulfonamides is 1. The van der Waals surface area contributed by atoms with Gasteiger partial charge in [0.05, 0.1) is 31.2 Å². The number of ether oxygens (including phenoxy) is 1. The van der Waals surface area contributed by atoms with Crippen LogP contribution in [-0.2, 0) is 14.8 Å². The van der Waals surface area contributed by atoms with Gasteiger partial charge in [0.1, 0.15) is 11.0 Å². The van der Waals surface area contributed by atoms with Crippen LogP contribution in [0.4, 0.5) is 11.5 Å². The molecule has 6 nitrogen and oxygen atoms in total. The third-order valence-electron chi connectivity index (χ3n) is 3.29. The van der Waals surface area contributed by atoms with Gasteiger partial charge in [0, 0.05) is 25.7 Å². The summed E-state index contributed by atoms with van der Waals surface area (Å²) in [5.41, 5.74) is 0.501. The summed E-state index contributed by atoms with van der Waals surface area (Å²) in [6.07, 6.45) is 1.15. The van der Waals surface area contributed by atoms with Gasteiger partial charge in [-0.3, -0.25) is 4.31 Å². The highest BCUT2D eigenvalue weighted by Crippen LogP contribution is 2.27. The van der Waals surface area contributed by atoms with Crippen molar-refractivity contribution in [1.82, 2.24) is 4.98 Å². The van der Waals surface area contributed by atoms with Crippen LogP contribution in [0, 0.1) is 0 Å². The molecule has 1 atom stereocenters. The van der Waals surface area contributed by atoms with E-state index in [0.29, 0.717) is 31.3 Å². The number of morpholine rings is 1. The second kappa shape index (κ2) is 5.75. The van der Waals surface area contributed by atoms with Crippen LogP contribution in [-0.4, -0.2) is 52.5 Å². The smallest absolute Gasteiger partial charge is 0.231 e. The van der Waals surface area contributed by atoms with Crippen LogP contribution >= 0.6 is 11.6 Å². The lowest BCUT2D eigenvalue weighted by Gasteiger charge is -2.34. The van der Waals surface area contributed by atoms with Crippen molar-refractivity contribution >= 4 is 33.1 Å². The highest BCUT2D eigenvalue weighted by atomic mass is 35.5. The first-order chi connectivity index (χ1) is 9.29. The predicted octanol–water partition coefficient (Wildman–Crippen LogP) is 1.36. The molecular formula is C12H18ClN3O3S. The molecule has 1 aliphatic heterocycles. The predicted molar refractivity (Wildman–Crippen MR) is 80.1 cm³/mol. The van der Waals surface area contributed by atoms with Crippen LogP contribution in [0.25, 0.3) is 0 Å². The van der Waals surface area contributed by atoms with E-state index in [1.165, 1.54) is 17.4 Å². The van der Waals surface area contributed by atoms with Gasteiger partial charge in [-0.25, -0.2) is 13.4 Å². The van der Waals surface area contributed by atoms with Crippen molar-refractivity contribution in [3.8, 4) is 0 Å². The molecule has 2 heterocycles. The molecule has 1 fully saturated rings. The fourth-order valence-electron chi connectivity index (χ4n) is 2.06. The van der Waals surface area contributed by atoms with Gasteiger partial charge < -0.3 is 9.64 Å². The van der Waals surface area contributed by atoms with Crippen LogP contribution in [0.1, 0.15) is 6.92 Å². The lowest BCUT2D eigenvalue weighted by molar-refractivity contribution is 0.0985. The Hall–Kier alpha value is -1.05. The van der Waals surface area contributed by atoms with Gasteiger partial charge in [0.25, 0.3) is 0 Å². The van der Waals surface area contributed by atoms with Gasteiger partial charge in [-0.1, -0.05) is 11.6 Å². The van der Waals surface area contributed by atoms with Gasteiger partial charge in [0.2, 0.25) is 10.0 Å².